The molecule has 8 nitrogen and oxygen atoms in total. The number of primary amides is 1. The Kier molecular flexibility index (Phi) is 6.89. The molecule has 0 bridgehead atoms. The van der Waals surface area contributed by atoms with Crippen molar-refractivity contribution in [3.8, 4) is 6.07 Å². The van der Waals surface area contributed by atoms with E-state index in [1.807, 2.05) is 4.90 Å². The third kappa shape index (κ3) is 4.82. The van der Waals surface area contributed by atoms with Gasteiger partial charge in [0.2, 0.25) is 17.7 Å². The van der Waals surface area contributed by atoms with Crippen LogP contribution in [0.5, 0.6) is 0 Å². The van der Waals surface area contributed by atoms with Crippen molar-refractivity contribution in [1.82, 2.24) is 15.1 Å². The summed E-state index contributed by atoms with van der Waals surface area (Å²) in [6, 6.07) is 2.15. The quantitative estimate of drug-likeness (QED) is 0.704. The molecular formula is C20H31N5O3. The molecule has 1 saturated carbocycles. The molecule has 1 unspecified atom stereocenters. The normalized spacial score (nSPS) is 30.7. The van der Waals surface area contributed by atoms with E-state index < -0.39 is 0 Å². The molecule has 1 aliphatic carbocycles. The van der Waals surface area contributed by atoms with Gasteiger partial charge < -0.3 is 20.9 Å². The molecule has 0 aromatic rings. The largest absolute Gasteiger partial charge is 0.369 e. The van der Waals surface area contributed by atoms with Gasteiger partial charge in [0.05, 0.1) is 18.5 Å². The van der Waals surface area contributed by atoms with Crippen molar-refractivity contribution in [2.75, 3.05) is 26.2 Å². The maximum Gasteiger partial charge on any atom is 0.237 e. The predicted molar refractivity (Wildman–Crippen MR) is 103 cm³/mol. The predicted octanol–water partition coefficient (Wildman–Crippen LogP) is 0.373. The summed E-state index contributed by atoms with van der Waals surface area (Å²) >= 11 is 0. The molecule has 3 N–H and O–H groups in total. The Morgan fingerprint density at radius 3 is 2.39 bits per heavy atom. The fraction of sp³-hybridized carbons (Fsp3) is 0.800. The Bertz CT molecular complexity index is 638. The Balaban J connectivity index is 1.40. The van der Waals surface area contributed by atoms with Gasteiger partial charge in [0.1, 0.15) is 6.04 Å². The highest BCUT2D eigenvalue weighted by molar-refractivity contribution is 5.81. The van der Waals surface area contributed by atoms with E-state index in [2.05, 4.69) is 11.4 Å². The Labute approximate surface area is 166 Å². The van der Waals surface area contributed by atoms with Gasteiger partial charge in [-0.05, 0) is 51.4 Å². The molecule has 8 heteroatoms. The maximum absolute atomic E-state index is 12.8. The fourth-order valence-electron chi connectivity index (χ4n) is 4.74. The van der Waals surface area contributed by atoms with E-state index in [-0.39, 0.29) is 48.2 Å². The molecule has 2 atom stereocenters. The van der Waals surface area contributed by atoms with Crippen LogP contribution in [0.15, 0.2) is 0 Å². The summed E-state index contributed by atoms with van der Waals surface area (Å²) in [4.78, 5) is 40.1. The molecule has 3 amide bonds. The van der Waals surface area contributed by atoms with Gasteiger partial charge >= 0.3 is 0 Å². The zero-order valence-electron chi connectivity index (χ0n) is 16.4. The lowest BCUT2D eigenvalue weighted by molar-refractivity contribution is -0.140. The molecular weight excluding hydrogens is 358 g/mol. The van der Waals surface area contributed by atoms with Gasteiger partial charge in [-0.3, -0.25) is 14.4 Å². The topological polar surface area (TPSA) is 120 Å². The molecule has 0 aromatic heterocycles. The third-order valence-corrected chi connectivity index (χ3v) is 6.48. The average molecular weight is 390 g/mol. The van der Waals surface area contributed by atoms with Crippen molar-refractivity contribution in [3.05, 3.63) is 0 Å². The number of piperidine rings is 1. The zero-order valence-corrected chi connectivity index (χ0v) is 16.4. The van der Waals surface area contributed by atoms with Gasteiger partial charge in [-0.2, -0.15) is 5.26 Å². The van der Waals surface area contributed by atoms with Crippen LogP contribution in [0.3, 0.4) is 0 Å². The molecule has 3 aliphatic rings. The standard InChI is InChI=1S/C20H31N5O3/c21-11-17-4-2-10-25(17)18(26)12-23-16-7-5-14(6-8-16)20(28)24-9-1-3-15(13-24)19(22)27/h14-17,23H,1-10,12-13H2,(H2,22,27)/t14?,15?,16?,17-/m0/s1. The van der Waals surface area contributed by atoms with Crippen molar-refractivity contribution in [2.24, 2.45) is 17.6 Å². The number of nitrogens with two attached hydrogens (primary N) is 1. The van der Waals surface area contributed by atoms with Crippen molar-refractivity contribution >= 4 is 17.7 Å². The smallest absolute Gasteiger partial charge is 0.237 e. The highest BCUT2D eigenvalue weighted by Crippen LogP contribution is 2.28. The van der Waals surface area contributed by atoms with Crippen LogP contribution >= 0.6 is 0 Å². The SMILES string of the molecule is N#C[C@@H]1CCCN1C(=O)CNC1CCC(C(=O)N2CCCC(C(N)=O)C2)CC1. The molecule has 0 radical (unpaired) electrons. The summed E-state index contributed by atoms with van der Waals surface area (Å²) in [7, 11) is 0. The van der Waals surface area contributed by atoms with Crippen LogP contribution in [0.2, 0.25) is 0 Å². The highest BCUT2D eigenvalue weighted by Gasteiger charge is 2.34. The lowest BCUT2D eigenvalue weighted by Crippen LogP contribution is -2.48. The van der Waals surface area contributed by atoms with Gasteiger partial charge in [-0.15, -0.1) is 0 Å². The second-order valence-electron chi connectivity index (χ2n) is 8.33. The summed E-state index contributed by atoms with van der Waals surface area (Å²) in [5.41, 5.74) is 5.41. The van der Waals surface area contributed by atoms with Gasteiger partial charge in [0.25, 0.3) is 0 Å². The Morgan fingerprint density at radius 2 is 1.71 bits per heavy atom. The fourth-order valence-corrected chi connectivity index (χ4v) is 4.74. The number of rotatable bonds is 5. The van der Waals surface area contributed by atoms with Crippen molar-refractivity contribution in [1.29, 1.82) is 5.26 Å². The molecule has 2 saturated heterocycles. The van der Waals surface area contributed by atoms with Crippen LogP contribution < -0.4 is 11.1 Å². The number of carbonyl (C=O) groups is 3. The van der Waals surface area contributed by atoms with Crippen LogP contribution in [0.4, 0.5) is 0 Å². The molecule has 2 aliphatic heterocycles. The van der Waals surface area contributed by atoms with Crippen molar-refractivity contribution in [2.45, 2.75) is 63.5 Å². The van der Waals surface area contributed by atoms with Gasteiger partial charge in [0.15, 0.2) is 0 Å². The van der Waals surface area contributed by atoms with E-state index >= 15 is 0 Å². The van der Waals surface area contributed by atoms with Crippen LogP contribution in [-0.4, -0.2) is 65.8 Å². The third-order valence-electron chi connectivity index (χ3n) is 6.48. The van der Waals surface area contributed by atoms with Crippen molar-refractivity contribution in [3.63, 3.8) is 0 Å². The second kappa shape index (κ2) is 9.37. The Hall–Kier alpha value is -2.14. The minimum absolute atomic E-state index is 0.00179. The number of hydrogen-bond acceptors (Lipinski definition) is 5. The van der Waals surface area contributed by atoms with Crippen LogP contribution in [-0.2, 0) is 14.4 Å². The first kappa shape index (κ1) is 20.6. The highest BCUT2D eigenvalue weighted by atomic mass is 16.2. The first-order chi connectivity index (χ1) is 13.5. The summed E-state index contributed by atoms with van der Waals surface area (Å²) < 4.78 is 0. The molecule has 3 fully saturated rings. The van der Waals surface area contributed by atoms with E-state index in [9.17, 15) is 14.4 Å². The Morgan fingerprint density at radius 1 is 1.00 bits per heavy atom. The van der Waals surface area contributed by atoms with Gasteiger partial charge in [-0.25, -0.2) is 0 Å². The first-order valence-electron chi connectivity index (χ1n) is 10.5. The number of carbonyl (C=O) groups excluding carboxylic acids is 3. The summed E-state index contributed by atoms with van der Waals surface area (Å²) in [6.07, 6.45) is 6.58. The van der Waals surface area contributed by atoms with Gasteiger partial charge in [0, 0.05) is 31.6 Å². The lowest BCUT2D eigenvalue weighted by atomic mass is 9.84. The molecule has 3 rings (SSSR count). The summed E-state index contributed by atoms with van der Waals surface area (Å²) in [5, 5.41) is 12.4. The minimum atomic E-state index is -0.313. The summed E-state index contributed by atoms with van der Waals surface area (Å²) in [5.74, 6) is -0.388. The molecule has 28 heavy (non-hydrogen) atoms. The number of likely N-dealkylation sites (tertiary alicyclic amines) is 2. The summed E-state index contributed by atoms with van der Waals surface area (Å²) in [6.45, 7) is 2.10. The van der Waals surface area contributed by atoms with E-state index in [0.717, 1.165) is 51.4 Å². The van der Waals surface area contributed by atoms with E-state index in [1.165, 1.54) is 0 Å². The van der Waals surface area contributed by atoms with Crippen LogP contribution in [0.1, 0.15) is 51.4 Å². The first-order valence-corrected chi connectivity index (χ1v) is 10.5. The van der Waals surface area contributed by atoms with E-state index in [1.54, 1.807) is 4.90 Å². The lowest BCUT2D eigenvalue weighted by Gasteiger charge is -2.36. The molecule has 154 valence electrons. The minimum Gasteiger partial charge on any atom is -0.369 e. The van der Waals surface area contributed by atoms with Crippen LogP contribution in [0, 0.1) is 23.2 Å². The number of hydrogen-bond donors (Lipinski definition) is 2. The number of nitriles is 1. The maximum atomic E-state index is 12.8. The number of amides is 3. The van der Waals surface area contributed by atoms with Crippen LogP contribution in [0.25, 0.3) is 0 Å². The molecule has 0 aromatic carbocycles. The van der Waals surface area contributed by atoms with E-state index in [0.29, 0.717) is 19.6 Å². The zero-order chi connectivity index (χ0) is 20.1. The number of nitrogens with one attached hydrogen (secondary N) is 1. The average Bonchev–Trinajstić information content (AvgIpc) is 3.21. The van der Waals surface area contributed by atoms with Crippen molar-refractivity contribution < 1.29 is 14.4 Å². The second-order valence-corrected chi connectivity index (χ2v) is 8.33. The number of nitrogens with zero attached hydrogens (tertiary/aromatic N) is 3. The van der Waals surface area contributed by atoms with E-state index in [4.69, 9.17) is 11.0 Å². The monoisotopic (exact) mass is 389 g/mol. The molecule has 0 spiro atoms. The van der Waals surface area contributed by atoms with Gasteiger partial charge in [-0.1, -0.05) is 0 Å². The molecule has 2 heterocycles.